The van der Waals surface area contributed by atoms with Crippen LogP contribution in [0.15, 0.2) is 35.3 Å². The van der Waals surface area contributed by atoms with Crippen LogP contribution in [0.5, 0.6) is 0 Å². The average molecular weight is 474 g/mol. The third-order valence-corrected chi connectivity index (χ3v) is 6.09. The minimum Gasteiger partial charge on any atom is -0.448 e. The van der Waals surface area contributed by atoms with E-state index in [0.717, 1.165) is 25.7 Å². The second kappa shape index (κ2) is 11.3. The predicted molar refractivity (Wildman–Crippen MR) is 126 cm³/mol. The van der Waals surface area contributed by atoms with Crippen LogP contribution in [0.2, 0.25) is 0 Å². The SMILES string of the molecule is C/C(F)=C\c1ncn(C(CC2CCCCC2)C(=O)Nc2ccc(C(=O)OP)cn2)c(=O)c1C. The highest BCUT2D eigenvalue weighted by Crippen LogP contribution is 2.31. The average Bonchev–Trinajstić information content (AvgIpc) is 2.81. The van der Waals surface area contributed by atoms with Crippen LogP contribution in [0, 0.1) is 12.8 Å². The fraction of sp³-hybridized carbons (Fsp3) is 0.435. The minimum absolute atomic E-state index is 0.240. The highest BCUT2D eigenvalue weighted by atomic mass is 31.0. The molecule has 2 heterocycles. The summed E-state index contributed by atoms with van der Waals surface area (Å²) in [5.74, 6) is -0.867. The number of anilines is 1. The van der Waals surface area contributed by atoms with E-state index in [4.69, 9.17) is 0 Å². The predicted octanol–water partition coefficient (Wildman–Crippen LogP) is 4.37. The number of hydrogen-bond acceptors (Lipinski definition) is 6. The molecule has 0 radical (unpaired) electrons. The quantitative estimate of drug-likeness (QED) is 0.598. The number of nitrogens with zero attached hydrogens (tertiary/aromatic N) is 3. The summed E-state index contributed by atoms with van der Waals surface area (Å²) in [4.78, 5) is 46.3. The van der Waals surface area contributed by atoms with Crippen molar-refractivity contribution in [2.45, 2.75) is 58.4 Å². The van der Waals surface area contributed by atoms with Gasteiger partial charge in [0.15, 0.2) is 0 Å². The second-order valence-electron chi connectivity index (χ2n) is 8.28. The number of rotatable bonds is 7. The molecule has 0 saturated heterocycles. The molecule has 1 aliphatic rings. The Balaban J connectivity index is 1.90. The largest absolute Gasteiger partial charge is 0.448 e. The molecule has 1 saturated carbocycles. The van der Waals surface area contributed by atoms with Crippen molar-refractivity contribution >= 4 is 33.2 Å². The molecule has 2 atom stereocenters. The van der Waals surface area contributed by atoms with Gasteiger partial charge in [-0.05, 0) is 44.4 Å². The maximum Gasteiger partial charge on any atom is 0.341 e. The van der Waals surface area contributed by atoms with Gasteiger partial charge in [-0.3, -0.25) is 14.2 Å². The molecule has 2 aromatic rings. The molecule has 2 aromatic heterocycles. The number of pyridine rings is 1. The summed E-state index contributed by atoms with van der Waals surface area (Å²) in [6, 6.07) is 2.19. The molecule has 1 amide bonds. The Morgan fingerprint density at radius 2 is 2.03 bits per heavy atom. The molecule has 1 aliphatic carbocycles. The Bertz CT molecular complexity index is 1090. The lowest BCUT2D eigenvalue weighted by Crippen LogP contribution is -2.36. The second-order valence-corrected chi connectivity index (χ2v) is 8.52. The van der Waals surface area contributed by atoms with Crippen LogP contribution < -0.4 is 10.9 Å². The van der Waals surface area contributed by atoms with Gasteiger partial charge in [0.2, 0.25) is 5.91 Å². The summed E-state index contributed by atoms with van der Waals surface area (Å²) in [5.41, 5.74) is 0.366. The zero-order chi connectivity index (χ0) is 24.0. The fourth-order valence-corrected chi connectivity index (χ4v) is 4.22. The van der Waals surface area contributed by atoms with E-state index < -0.39 is 23.7 Å². The van der Waals surface area contributed by atoms with Gasteiger partial charge in [0.1, 0.15) is 11.9 Å². The van der Waals surface area contributed by atoms with Crippen molar-refractivity contribution in [3.05, 3.63) is 57.7 Å². The lowest BCUT2D eigenvalue weighted by atomic mass is 9.84. The first-order valence-electron chi connectivity index (χ1n) is 10.9. The number of allylic oxidation sites excluding steroid dienone is 1. The van der Waals surface area contributed by atoms with E-state index in [1.165, 1.54) is 48.6 Å². The standard InChI is InChI=1S/C23H28FN4O4P/c1-14(24)10-18-15(2)22(30)28(13-26-18)19(11-16-6-4-3-5-7-16)21(29)27-20-9-8-17(12-25-20)23(31)32-33/h8-10,12-13,16,19H,3-7,11,33H2,1-2H3,(H,25,27,29)/b14-10+. The number of carbonyl (C=O) groups excluding carboxylic acids is 2. The molecule has 0 bridgehead atoms. The molecule has 1 fully saturated rings. The number of carbonyl (C=O) groups is 2. The Labute approximate surface area is 194 Å². The van der Waals surface area contributed by atoms with Crippen molar-refractivity contribution in [2.24, 2.45) is 5.92 Å². The van der Waals surface area contributed by atoms with Crippen molar-refractivity contribution < 1.29 is 18.5 Å². The van der Waals surface area contributed by atoms with Crippen LogP contribution in [-0.2, 0) is 9.32 Å². The van der Waals surface area contributed by atoms with Crippen LogP contribution in [-0.4, -0.2) is 26.4 Å². The zero-order valence-corrected chi connectivity index (χ0v) is 19.9. The highest BCUT2D eigenvalue weighted by molar-refractivity contribution is 7.10. The molecular formula is C23H28FN4O4P. The lowest BCUT2D eigenvalue weighted by Gasteiger charge is -2.27. The summed E-state index contributed by atoms with van der Waals surface area (Å²) in [5, 5.41) is 2.74. The number of aromatic nitrogens is 3. The smallest absolute Gasteiger partial charge is 0.341 e. The molecule has 0 spiro atoms. The first kappa shape index (κ1) is 24.7. The van der Waals surface area contributed by atoms with Gasteiger partial charge in [-0.1, -0.05) is 32.1 Å². The Kier molecular flexibility index (Phi) is 8.44. The van der Waals surface area contributed by atoms with Gasteiger partial charge < -0.3 is 9.84 Å². The van der Waals surface area contributed by atoms with Crippen molar-refractivity contribution in [3.8, 4) is 0 Å². The number of halogens is 1. The van der Waals surface area contributed by atoms with Crippen LogP contribution in [0.25, 0.3) is 6.08 Å². The Morgan fingerprint density at radius 1 is 1.30 bits per heavy atom. The van der Waals surface area contributed by atoms with Crippen molar-refractivity contribution in [3.63, 3.8) is 0 Å². The van der Waals surface area contributed by atoms with Crippen molar-refractivity contribution in [2.75, 3.05) is 5.32 Å². The molecule has 3 rings (SSSR count). The molecule has 0 aliphatic heterocycles. The first-order chi connectivity index (χ1) is 15.8. The van der Waals surface area contributed by atoms with Gasteiger partial charge in [0, 0.05) is 11.8 Å². The van der Waals surface area contributed by atoms with Crippen LogP contribution in [0.4, 0.5) is 10.2 Å². The summed E-state index contributed by atoms with van der Waals surface area (Å²) >= 11 is 0. The van der Waals surface area contributed by atoms with E-state index >= 15 is 0 Å². The third-order valence-electron chi connectivity index (χ3n) is 5.87. The molecule has 8 nitrogen and oxygen atoms in total. The highest BCUT2D eigenvalue weighted by Gasteiger charge is 2.28. The fourth-order valence-electron chi connectivity index (χ4n) is 4.08. The maximum atomic E-state index is 13.3. The molecule has 176 valence electrons. The summed E-state index contributed by atoms with van der Waals surface area (Å²) in [6.07, 6.45) is 9.66. The van der Waals surface area contributed by atoms with E-state index in [0.29, 0.717) is 12.3 Å². The molecule has 2 unspecified atom stereocenters. The van der Waals surface area contributed by atoms with E-state index in [9.17, 15) is 18.8 Å². The Morgan fingerprint density at radius 3 is 2.64 bits per heavy atom. The van der Waals surface area contributed by atoms with Crippen LogP contribution in [0.1, 0.15) is 73.1 Å². The van der Waals surface area contributed by atoms with Gasteiger partial charge in [-0.2, -0.15) is 0 Å². The lowest BCUT2D eigenvalue weighted by molar-refractivity contribution is -0.120. The Hall–Kier alpha value is -2.93. The molecule has 33 heavy (non-hydrogen) atoms. The number of nitrogens with one attached hydrogen (secondary N) is 1. The van der Waals surface area contributed by atoms with Gasteiger partial charge in [0.05, 0.1) is 32.9 Å². The van der Waals surface area contributed by atoms with E-state index in [-0.39, 0.29) is 28.2 Å². The third kappa shape index (κ3) is 6.32. The van der Waals surface area contributed by atoms with Crippen molar-refractivity contribution in [1.82, 2.24) is 14.5 Å². The van der Waals surface area contributed by atoms with Gasteiger partial charge >= 0.3 is 5.97 Å². The monoisotopic (exact) mass is 474 g/mol. The zero-order valence-electron chi connectivity index (χ0n) is 18.7. The topological polar surface area (TPSA) is 103 Å². The van der Waals surface area contributed by atoms with Crippen molar-refractivity contribution in [1.29, 1.82) is 0 Å². The maximum absolute atomic E-state index is 13.3. The van der Waals surface area contributed by atoms with Gasteiger partial charge in [-0.15, -0.1) is 0 Å². The van der Waals surface area contributed by atoms with E-state index in [1.807, 2.05) is 9.47 Å². The molecule has 10 heteroatoms. The van der Waals surface area contributed by atoms with Gasteiger partial charge in [-0.25, -0.2) is 19.2 Å². The summed E-state index contributed by atoms with van der Waals surface area (Å²) in [7, 11) is 1.87. The molecule has 1 N–H and O–H groups in total. The number of amides is 1. The van der Waals surface area contributed by atoms with Crippen LogP contribution in [0.3, 0.4) is 0 Å². The molecular weight excluding hydrogens is 446 g/mol. The molecule has 0 aromatic carbocycles. The van der Waals surface area contributed by atoms with E-state index in [2.05, 4.69) is 19.8 Å². The first-order valence-corrected chi connectivity index (χ1v) is 11.4. The van der Waals surface area contributed by atoms with Crippen LogP contribution >= 0.6 is 9.47 Å². The normalized spacial score (nSPS) is 15.7. The minimum atomic E-state index is -0.796. The summed E-state index contributed by atoms with van der Waals surface area (Å²) in [6.45, 7) is 2.85. The van der Waals surface area contributed by atoms with Gasteiger partial charge in [0.25, 0.3) is 5.56 Å². The summed E-state index contributed by atoms with van der Waals surface area (Å²) < 4.78 is 19.2. The van der Waals surface area contributed by atoms with E-state index in [1.54, 1.807) is 6.92 Å². The number of hydrogen-bond donors (Lipinski definition) is 1.